The van der Waals surface area contributed by atoms with Crippen LogP contribution in [0.2, 0.25) is 0 Å². The lowest BCUT2D eigenvalue weighted by molar-refractivity contribution is 0.721. The van der Waals surface area contributed by atoms with Gasteiger partial charge in [-0.1, -0.05) is 6.92 Å². The average molecular weight is 166 g/mol. The van der Waals surface area contributed by atoms with E-state index in [9.17, 15) is 0 Å². The molecule has 4 heteroatoms. The second-order valence-electron chi connectivity index (χ2n) is 2.45. The number of anilines is 1. The van der Waals surface area contributed by atoms with Gasteiger partial charge in [0.25, 0.3) is 0 Å². The van der Waals surface area contributed by atoms with Gasteiger partial charge in [0.15, 0.2) is 0 Å². The Morgan fingerprint density at radius 1 is 1.33 bits per heavy atom. The molecule has 0 radical (unpaired) electrons. The summed E-state index contributed by atoms with van der Waals surface area (Å²) in [6.07, 6.45) is 3.64. The fraction of sp³-hybridized carbons (Fsp3) is 0.500. The lowest BCUT2D eigenvalue weighted by atomic mass is 10.3. The minimum Gasteiger partial charge on any atom is -0.357 e. The van der Waals surface area contributed by atoms with Crippen LogP contribution in [0.3, 0.4) is 0 Å². The maximum atomic E-state index is 4.09. The standard InChI is InChI=1S/C8H14N4/c1-3-10-4-7-5-11-8(9-2)12-6-7/h5-6,10H,3-4H2,1-2H3,(H,9,11,12). The first-order chi connectivity index (χ1) is 5.86. The summed E-state index contributed by atoms with van der Waals surface area (Å²) in [6, 6.07) is 0. The topological polar surface area (TPSA) is 49.8 Å². The summed E-state index contributed by atoms with van der Waals surface area (Å²) >= 11 is 0. The van der Waals surface area contributed by atoms with E-state index in [1.165, 1.54) is 0 Å². The molecule has 0 aliphatic heterocycles. The third-order valence-electron chi connectivity index (χ3n) is 1.51. The number of aromatic nitrogens is 2. The Balaban J connectivity index is 2.53. The molecule has 1 aromatic rings. The molecule has 1 aromatic heterocycles. The van der Waals surface area contributed by atoms with Gasteiger partial charge in [0.2, 0.25) is 5.95 Å². The summed E-state index contributed by atoms with van der Waals surface area (Å²) < 4.78 is 0. The molecule has 0 aromatic carbocycles. The molecule has 0 atom stereocenters. The molecular formula is C8H14N4. The zero-order chi connectivity index (χ0) is 8.81. The average Bonchev–Trinajstić information content (AvgIpc) is 2.15. The van der Waals surface area contributed by atoms with Crippen molar-refractivity contribution in [2.45, 2.75) is 13.5 Å². The molecule has 0 saturated heterocycles. The molecule has 12 heavy (non-hydrogen) atoms. The highest BCUT2D eigenvalue weighted by Crippen LogP contribution is 1.98. The molecule has 0 saturated carbocycles. The van der Waals surface area contributed by atoms with Crippen LogP contribution in [0, 0.1) is 0 Å². The summed E-state index contributed by atoms with van der Waals surface area (Å²) in [6.45, 7) is 3.87. The van der Waals surface area contributed by atoms with Crippen LogP contribution in [-0.2, 0) is 6.54 Å². The van der Waals surface area contributed by atoms with Crippen LogP contribution in [0.1, 0.15) is 12.5 Å². The maximum absolute atomic E-state index is 4.09. The first-order valence-corrected chi connectivity index (χ1v) is 4.06. The van der Waals surface area contributed by atoms with Gasteiger partial charge in [-0.15, -0.1) is 0 Å². The molecule has 0 bridgehead atoms. The summed E-state index contributed by atoms with van der Waals surface area (Å²) in [5.41, 5.74) is 1.11. The van der Waals surface area contributed by atoms with E-state index in [0.29, 0.717) is 5.95 Å². The van der Waals surface area contributed by atoms with Gasteiger partial charge >= 0.3 is 0 Å². The third kappa shape index (κ3) is 2.47. The van der Waals surface area contributed by atoms with Crippen LogP contribution in [0.5, 0.6) is 0 Å². The lowest BCUT2D eigenvalue weighted by Crippen LogP contribution is -2.12. The lowest BCUT2D eigenvalue weighted by Gasteiger charge is -2.01. The van der Waals surface area contributed by atoms with E-state index in [2.05, 4.69) is 27.5 Å². The molecule has 2 N–H and O–H groups in total. The molecule has 0 aliphatic rings. The Kier molecular flexibility index (Phi) is 3.47. The molecule has 0 fully saturated rings. The van der Waals surface area contributed by atoms with E-state index >= 15 is 0 Å². The van der Waals surface area contributed by atoms with Crippen molar-refractivity contribution >= 4 is 5.95 Å². The van der Waals surface area contributed by atoms with E-state index in [1.807, 2.05) is 12.4 Å². The van der Waals surface area contributed by atoms with Gasteiger partial charge in [-0.05, 0) is 6.54 Å². The molecule has 0 aliphatic carbocycles. The fourth-order valence-corrected chi connectivity index (χ4v) is 0.844. The Morgan fingerprint density at radius 2 is 2.00 bits per heavy atom. The SMILES string of the molecule is CCNCc1cnc(NC)nc1. The molecule has 1 heterocycles. The molecular weight excluding hydrogens is 152 g/mol. The Labute approximate surface area is 72.4 Å². The summed E-state index contributed by atoms with van der Waals surface area (Å²) in [4.78, 5) is 8.18. The van der Waals surface area contributed by atoms with Gasteiger partial charge in [-0.3, -0.25) is 0 Å². The summed E-state index contributed by atoms with van der Waals surface area (Å²) in [7, 11) is 1.80. The predicted molar refractivity (Wildman–Crippen MR) is 49.0 cm³/mol. The number of rotatable bonds is 4. The first-order valence-electron chi connectivity index (χ1n) is 4.06. The number of nitrogens with one attached hydrogen (secondary N) is 2. The molecule has 0 amide bonds. The minimum absolute atomic E-state index is 0.662. The van der Waals surface area contributed by atoms with Gasteiger partial charge in [-0.2, -0.15) is 0 Å². The molecule has 1 rings (SSSR count). The second kappa shape index (κ2) is 4.66. The first kappa shape index (κ1) is 8.93. The van der Waals surface area contributed by atoms with Crippen molar-refractivity contribution in [2.24, 2.45) is 0 Å². The van der Waals surface area contributed by atoms with Gasteiger partial charge in [0.05, 0.1) is 0 Å². The fourth-order valence-electron chi connectivity index (χ4n) is 0.844. The van der Waals surface area contributed by atoms with Crippen LogP contribution < -0.4 is 10.6 Å². The number of hydrogen-bond donors (Lipinski definition) is 2. The van der Waals surface area contributed by atoms with Crippen LogP contribution >= 0.6 is 0 Å². The second-order valence-corrected chi connectivity index (χ2v) is 2.45. The van der Waals surface area contributed by atoms with Crippen molar-refractivity contribution in [1.82, 2.24) is 15.3 Å². The largest absolute Gasteiger partial charge is 0.357 e. The Hall–Kier alpha value is -1.16. The quantitative estimate of drug-likeness (QED) is 0.688. The van der Waals surface area contributed by atoms with E-state index < -0.39 is 0 Å². The van der Waals surface area contributed by atoms with Crippen molar-refractivity contribution in [2.75, 3.05) is 18.9 Å². The van der Waals surface area contributed by atoms with Crippen molar-refractivity contribution in [3.05, 3.63) is 18.0 Å². The molecule has 4 nitrogen and oxygen atoms in total. The summed E-state index contributed by atoms with van der Waals surface area (Å²) in [5, 5.41) is 6.07. The zero-order valence-electron chi connectivity index (χ0n) is 7.46. The number of hydrogen-bond acceptors (Lipinski definition) is 4. The molecule has 0 unspecified atom stereocenters. The highest BCUT2D eigenvalue weighted by Gasteiger charge is 1.93. The number of nitrogens with zero attached hydrogens (tertiary/aromatic N) is 2. The molecule has 0 spiro atoms. The van der Waals surface area contributed by atoms with E-state index in [4.69, 9.17) is 0 Å². The van der Waals surface area contributed by atoms with Gasteiger partial charge in [-0.25, -0.2) is 9.97 Å². The van der Waals surface area contributed by atoms with Crippen molar-refractivity contribution in [1.29, 1.82) is 0 Å². The van der Waals surface area contributed by atoms with Crippen molar-refractivity contribution < 1.29 is 0 Å². The van der Waals surface area contributed by atoms with Crippen LogP contribution in [0.25, 0.3) is 0 Å². The van der Waals surface area contributed by atoms with Crippen LogP contribution in [-0.4, -0.2) is 23.6 Å². The Bertz CT molecular complexity index is 219. The van der Waals surface area contributed by atoms with Gasteiger partial charge < -0.3 is 10.6 Å². The monoisotopic (exact) mass is 166 g/mol. The molecule has 66 valence electrons. The zero-order valence-corrected chi connectivity index (χ0v) is 7.46. The van der Waals surface area contributed by atoms with E-state index in [0.717, 1.165) is 18.7 Å². The van der Waals surface area contributed by atoms with Crippen molar-refractivity contribution in [3.63, 3.8) is 0 Å². The maximum Gasteiger partial charge on any atom is 0.222 e. The highest BCUT2D eigenvalue weighted by molar-refractivity contribution is 5.22. The highest BCUT2D eigenvalue weighted by atomic mass is 15.1. The van der Waals surface area contributed by atoms with Gasteiger partial charge in [0, 0.05) is 31.5 Å². The van der Waals surface area contributed by atoms with Gasteiger partial charge in [0.1, 0.15) is 0 Å². The smallest absolute Gasteiger partial charge is 0.222 e. The van der Waals surface area contributed by atoms with E-state index in [1.54, 1.807) is 7.05 Å². The predicted octanol–water partition coefficient (Wildman–Crippen LogP) is 0.628. The minimum atomic E-state index is 0.662. The van der Waals surface area contributed by atoms with Crippen LogP contribution in [0.15, 0.2) is 12.4 Å². The third-order valence-corrected chi connectivity index (χ3v) is 1.51. The van der Waals surface area contributed by atoms with E-state index in [-0.39, 0.29) is 0 Å². The van der Waals surface area contributed by atoms with Crippen molar-refractivity contribution in [3.8, 4) is 0 Å². The summed E-state index contributed by atoms with van der Waals surface area (Å²) in [5.74, 6) is 0.662. The van der Waals surface area contributed by atoms with Crippen LogP contribution in [0.4, 0.5) is 5.95 Å². The normalized spacial score (nSPS) is 9.83. The Morgan fingerprint density at radius 3 is 2.50 bits per heavy atom.